The predicted molar refractivity (Wildman–Crippen MR) is 226 cm³/mol. The standard InChI is InChI=1S/C45H54N10O/c1-29(12-13-32-14-16-34(17-15-32)28-49-43(47)55-45-51-31(3)39-9-5-7-11-41(39)53-45)35-20-24-37(25-21-35)56-36-22-18-33(19-23-36)26-27-48-42(46)54-44-50-30(2)38-8-4-6-10-40(38)52-44/h14-25,29H,4-13,26-28H2,1-3H3,(H3,46,48,50,52,54)(H3,47,49,51,53,55). The Morgan fingerprint density at radius 3 is 1.70 bits per heavy atom. The smallest absolute Gasteiger partial charge is 0.229 e. The van der Waals surface area contributed by atoms with E-state index >= 15 is 0 Å². The third-order valence-corrected chi connectivity index (χ3v) is 10.9. The van der Waals surface area contributed by atoms with Gasteiger partial charge in [-0.3, -0.25) is 15.6 Å². The van der Waals surface area contributed by atoms with Crippen LogP contribution in [0.2, 0.25) is 0 Å². The molecule has 3 aromatic carbocycles. The third kappa shape index (κ3) is 10.3. The van der Waals surface area contributed by atoms with Crippen molar-refractivity contribution in [2.45, 2.75) is 104 Å². The van der Waals surface area contributed by atoms with E-state index in [1.54, 1.807) is 0 Å². The van der Waals surface area contributed by atoms with E-state index in [1.807, 2.05) is 38.1 Å². The molecule has 11 heteroatoms. The van der Waals surface area contributed by atoms with Crippen molar-refractivity contribution in [2.75, 3.05) is 17.2 Å². The van der Waals surface area contributed by atoms with Gasteiger partial charge in [0.2, 0.25) is 11.9 Å². The van der Waals surface area contributed by atoms with Gasteiger partial charge in [-0.15, -0.1) is 0 Å². The number of nitrogens with one attached hydrogen (secondary N) is 2. The first-order valence-electron chi connectivity index (χ1n) is 20.1. The summed E-state index contributed by atoms with van der Waals surface area (Å²) in [5, 5.41) is 6.16. The average Bonchev–Trinajstić information content (AvgIpc) is 3.20. The number of aryl methyl sites for hydroxylation is 5. The molecule has 2 heterocycles. The summed E-state index contributed by atoms with van der Waals surface area (Å²) in [5.41, 5.74) is 24.1. The molecule has 2 aliphatic carbocycles. The number of hydrogen-bond acceptors (Lipinski definition) is 7. The summed E-state index contributed by atoms with van der Waals surface area (Å²) in [4.78, 5) is 27.6. The average molecular weight is 751 g/mol. The minimum absolute atomic E-state index is 0.326. The van der Waals surface area contributed by atoms with Crippen molar-refractivity contribution in [2.24, 2.45) is 21.5 Å². The quantitative estimate of drug-likeness (QED) is 0.0689. The summed E-state index contributed by atoms with van der Waals surface area (Å²) in [6, 6.07) is 25.2. The van der Waals surface area contributed by atoms with Crippen molar-refractivity contribution in [3.05, 3.63) is 129 Å². The van der Waals surface area contributed by atoms with Crippen LogP contribution in [-0.2, 0) is 45.1 Å². The molecule has 1 unspecified atom stereocenters. The second kappa shape index (κ2) is 18.2. The van der Waals surface area contributed by atoms with Crippen LogP contribution in [0.15, 0.2) is 82.8 Å². The van der Waals surface area contributed by atoms with Crippen molar-refractivity contribution in [1.29, 1.82) is 0 Å². The van der Waals surface area contributed by atoms with Crippen LogP contribution in [0.4, 0.5) is 11.9 Å². The molecule has 0 radical (unpaired) electrons. The van der Waals surface area contributed by atoms with Gasteiger partial charge in [0.25, 0.3) is 0 Å². The molecule has 1 atom stereocenters. The van der Waals surface area contributed by atoms with Gasteiger partial charge in [-0.25, -0.2) is 24.9 Å². The Labute approximate surface area is 330 Å². The predicted octanol–water partition coefficient (Wildman–Crippen LogP) is 8.07. The number of guanidine groups is 2. The highest BCUT2D eigenvalue weighted by atomic mass is 16.5. The van der Waals surface area contributed by atoms with E-state index in [0.29, 0.717) is 42.8 Å². The molecular formula is C45H54N10O. The first kappa shape index (κ1) is 38.4. The molecule has 0 saturated heterocycles. The first-order valence-corrected chi connectivity index (χ1v) is 20.1. The second-order valence-electron chi connectivity index (χ2n) is 15.1. The van der Waals surface area contributed by atoms with E-state index in [2.05, 4.69) is 96.0 Å². The zero-order chi connectivity index (χ0) is 38.9. The lowest BCUT2D eigenvalue weighted by molar-refractivity contribution is 0.482. The number of anilines is 2. The van der Waals surface area contributed by atoms with Crippen LogP contribution in [0.25, 0.3) is 0 Å². The molecule has 6 N–H and O–H groups in total. The molecular weight excluding hydrogens is 697 g/mol. The summed E-state index contributed by atoms with van der Waals surface area (Å²) in [6.07, 6.45) is 11.6. The molecule has 2 aromatic heterocycles. The molecule has 0 saturated carbocycles. The number of nitrogens with zero attached hydrogens (tertiary/aromatic N) is 6. The topological polar surface area (TPSA) is 162 Å². The fraction of sp³-hybridized carbons (Fsp3) is 0.378. The highest BCUT2D eigenvalue weighted by molar-refractivity contribution is 5.91. The van der Waals surface area contributed by atoms with Crippen LogP contribution in [0, 0.1) is 13.8 Å². The number of ether oxygens (including phenoxy) is 1. The zero-order valence-electron chi connectivity index (χ0n) is 32.9. The fourth-order valence-electron chi connectivity index (χ4n) is 7.55. The van der Waals surface area contributed by atoms with Gasteiger partial charge >= 0.3 is 0 Å². The SMILES string of the molecule is Cc1nc(NC(N)=NCCc2ccc(Oc3ccc(C(C)CCc4ccc(CN=C(N)Nc5nc(C)c6c(n5)CCCC6)cc4)cc3)cc2)nc2c1CCCC2. The molecule has 0 bridgehead atoms. The van der Waals surface area contributed by atoms with Crippen molar-refractivity contribution in [3.8, 4) is 11.5 Å². The van der Waals surface area contributed by atoms with Gasteiger partial charge in [0.1, 0.15) is 11.5 Å². The largest absolute Gasteiger partial charge is 0.457 e. The molecule has 0 aliphatic heterocycles. The van der Waals surface area contributed by atoms with Gasteiger partial charge in [0, 0.05) is 29.3 Å². The Balaban J connectivity index is 0.824. The number of nitrogens with two attached hydrogens (primary N) is 2. The maximum absolute atomic E-state index is 6.19. The maximum atomic E-state index is 6.19. The molecule has 7 rings (SSSR count). The Hall–Kier alpha value is -5.84. The minimum atomic E-state index is 0.326. The van der Waals surface area contributed by atoms with Crippen LogP contribution in [-0.4, -0.2) is 38.4 Å². The second-order valence-corrected chi connectivity index (χ2v) is 15.1. The van der Waals surface area contributed by atoms with Crippen LogP contribution >= 0.6 is 0 Å². The molecule has 2 aliphatic rings. The molecule has 0 fully saturated rings. The summed E-state index contributed by atoms with van der Waals surface area (Å²) < 4.78 is 6.16. The highest BCUT2D eigenvalue weighted by Crippen LogP contribution is 2.28. The summed E-state index contributed by atoms with van der Waals surface area (Å²) in [5.74, 6) is 3.74. The summed E-state index contributed by atoms with van der Waals surface area (Å²) in [7, 11) is 0. The Kier molecular flexibility index (Phi) is 12.5. The molecule has 0 spiro atoms. The van der Waals surface area contributed by atoms with Gasteiger partial charge in [0.05, 0.1) is 6.54 Å². The number of aromatic nitrogens is 4. The first-order chi connectivity index (χ1) is 27.3. The van der Waals surface area contributed by atoms with Crippen LogP contribution < -0.4 is 26.8 Å². The van der Waals surface area contributed by atoms with Crippen molar-refractivity contribution in [3.63, 3.8) is 0 Å². The summed E-state index contributed by atoms with van der Waals surface area (Å²) in [6.45, 7) is 7.41. The minimum Gasteiger partial charge on any atom is -0.457 e. The lowest BCUT2D eigenvalue weighted by Crippen LogP contribution is -2.25. The van der Waals surface area contributed by atoms with Gasteiger partial charge < -0.3 is 16.2 Å². The maximum Gasteiger partial charge on any atom is 0.229 e. The number of fused-ring (bicyclic) bond motifs is 2. The summed E-state index contributed by atoms with van der Waals surface area (Å²) >= 11 is 0. The van der Waals surface area contributed by atoms with Gasteiger partial charge in [-0.05, 0) is 148 Å². The van der Waals surface area contributed by atoms with Crippen LogP contribution in [0.5, 0.6) is 11.5 Å². The monoisotopic (exact) mass is 750 g/mol. The third-order valence-electron chi connectivity index (χ3n) is 10.9. The van der Waals surface area contributed by atoms with Crippen molar-refractivity contribution in [1.82, 2.24) is 19.9 Å². The molecule has 290 valence electrons. The van der Waals surface area contributed by atoms with E-state index in [0.717, 1.165) is 90.3 Å². The number of aliphatic imine (C=N–C) groups is 2. The number of hydrogen-bond donors (Lipinski definition) is 4. The highest BCUT2D eigenvalue weighted by Gasteiger charge is 2.17. The van der Waals surface area contributed by atoms with E-state index < -0.39 is 0 Å². The van der Waals surface area contributed by atoms with Gasteiger partial charge in [0.15, 0.2) is 11.9 Å². The van der Waals surface area contributed by atoms with E-state index in [-0.39, 0.29) is 0 Å². The van der Waals surface area contributed by atoms with Crippen LogP contribution in [0.3, 0.4) is 0 Å². The van der Waals surface area contributed by atoms with Gasteiger partial charge in [-0.1, -0.05) is 55.5 Å². The van der Waals surface area contributed by atoms with Crippen LogP contribution in [0.1, 0.15) is 101 Å². The normalized spacial score (nSPS) is 14.8. The molecule has 11 nitrogen and oxygen atoms in total. The number of benzene rings is 3. The Bertz CT molecular complexity index is 2160. The van der Waals surface area contributed by atoms with Crippen molar-refractivity contribution >= 4 is 23.8 Å². The van der Waals surface area contributed by atoms with E-state index in [1.165, 1.54) is 47.9 Å². The van der Waals surface area contributed by atoms with Crippen molar-refractivity contribution < 1.29 is 4.74 Å². The molecule has 5 aromatic rings. The zero-order valence-corrected chi connectivity index (χ0v) is 32.9. The van der Waals surface area contributed by atoms with Gasteiger partial charge in [-0.2, -0.15) is 0 Å². The van der Waals surface area contributed by atoms with E-state index in [4.69, 9.17) is 16.2 Å². The number of rotatable bonds is 13. The van der Waals surface area contributed by atoms with E-state index in [9.17, 15) is 0 Å². The molecule has 56 heavy (non-hydrogen) atoms. The fourth-order valence-corrected chi connectivity index (χ4v) is 7.55. The Morgan fingerprint density at radius 1 is 0.625 bits per heavy atom. The lowest BCUT2D eigenvalue weighted by Gasteiger charge is -2.17. The molecule has 0 amide bonds. The lowest BCUT2D eigenvalue weighted by atomic mass is 9.94. The Morgan fingerprint density at radius 2 is 1.11 bits per heavy atom.